The third kappa shape index (κ3) is 5.26. The number of carboxylic acid groups (broad SMARTS) is 1. The second-order valence-corrected chi connectivity index (χ2v) is 6.09. The number of aliphatic carboxylic acids is 1. The molecule has 0 aliphatic heterocycles. The van der Waals surface area contributed by atoms with Gasteiger partial charge in [0.2, 0.25) is 5.91 Å². The molecule has 0 aromatic heterocycles. The lowest BCUT2D eigenvalue weighted by molar-refractivity contribution is -0.142. The lowest BCUT2D eigenvalue weighted by Gasteiger charge is -2.13. The topological polar surface area (TPSA) is 75.6 Å². The van der Waals surface area contributed by atoms with Crippen LogP contribution in [-0.2, 0) is 14.3 Å². The third-order valence-electron chi connectivity index (χ3n) is 3.33. The number of methoxy groups -OCH3 is 1. The van der Waals surface area contributed by atoms with Crippen LogP contribution in [0.3, 0.4) is 0 Å². The summed E-state index contributed by atoms with van der Waals surface area (Å²) in [5.41, 5.74) is 0. The SMILES string of the molecule is COCCC(NC(=O)CSc1ccc2ccccc2c1)C(=O)O. The monoisotopic (exact) mass is 333 g/mol. The van der Waals surface area contributed by atoms with Gasteiger partial charge in [-0.05, 0) is 22.9 Å². The van der Waals surface area contributed by atoms with E-state index in [9.17, 15) is 9.59 Å². The summed E-state index contributed by atoms with van der Waals surface area (Å²) in [5, 5.41) is 13.9. The molecule has 0 radical (unpaired) electrons. The summed E-state index contributed by atoms with van der Waals surface area (Å²) in [6.07, 6.45) is 0.248. The Morgan fingerprint density at radius 3 is 2.65 bits per heavy atom. The summed E-state index contributed by atoms with van der Waals surface area (Å²) in [4.78, 5) is 24.0. The van der Waals surface area contributed by atoms with Crippen molar-refractivity contribution in [1.82, 2.24) is 5.32 Å². The van der Waals surface area contributed by atoms with Gasteiger partial charge in [-0.25, -0.2) is 4.79 Å². The summed E-state index contributed by atoms with van der Waals surface area (Å²) in [5.74, 6) is -1.17. The third-order valence-corrected chi connectivity index (χ3v) is 4.33. The highest BCUT2D eigenvalue weighted by molar-refractivity contribution is 8.00. The van der Waals surface area contributed by atoms with Gasteiger partial charge in [0.05, 0.1) is 5.75 Å². The van der Waals surface area contributed by atoms with E-state index in [1.807, 2.05) is 42.5 Å². The molecule has 2 aromatic rings. The normalized spacial score (nSPS) is 12.0. The maximum atomic E-state index is 11.9. The van der Waals surface area contributed by atoms with E-state index in [1.54, 1.807) is 0 Å². The number of amides is 1. The summed E-state index contributed by atoms with van der Waals surface area (Å²) in [7, 11) is 1.50. The quantitative estimate of drug-likeness (QED) is 0.726. The second-order valence-electron chi connectivity index (χ2n) is 5.04. The number of nitrogens with one attached hydrogen (secondary N) is 1. The first-order valence-corrected chi connectivity index (χ1v) is 8.21. The fourth-order valence-electron chi connectivity index (χ4n) is 2.14. The zero-order valence-electron chi connectivity index (χ0n) is 12.8. The van der Waals surface area contributed by atoms with Crippen molar-refractivity contribution in [1.29, 1.82) is 0 Å². The van der Waals surface area contributed by atoms with E-state index >= 15 is 0 Å². The molecule has 0 bridgehead atoms. The van der Waals surface area contributed by atoms with Gasteiger partial charge in [0, 0.05) is 25.0 Å². The first-order valence-electron chi connectivity index (χ1n) is 7.23. The van der Waals surface area contributed by atoms with Crippen LogP contribution >= 0.6 is 11.8 Å². The Hall–Kier alpha value is -2.05. The summed E-state index contributed by atoms with van der Waals surface area (Å²) >= 11 is 1.38. The standard InChI is InChI=1S/C17H19NO4S/c1-22-9-8-15(17(20)21)18-16(19)11-23-14-7-6-12-4-2-3-5-13(12)10-14/h2-7,10,15H,8-9,11H2,1H3,(H,18,19)(H,20,21). The van der Waals surface area contributed by atoms with E-state index in [0.717, 1.165) is 15.7 Å². The Labute approximate surface area is 139 Å². The molecule has 1 atom stereocenters. The van der Waals surface area contributed by atoms with Crippen LogP contribution in [0.5, 0.6) is 0 Å². The maximum Gasteiger partial charge on any atom is 0.326 e. The van der Waals surface area contributed by atoms with Crippen molar-refractivity contribution in [3.63, 3.8) is 0 Å². The molecular formula is C17H19NO4S. The van der Waals surface area contributed by atoms with E-state index in [4.69, 9.17) is 9.84 Å². The van der Waals surface area contributed by atoms with Crippen LogP contribution in [0.1, 0.15) is 6.42 Å². The number of carbonyl (C=O) groups is 2. The number of thioether (sulfide) groups is 1. The Morgan fingerprint density at radius 1 is 1.22 bits per heavy atom. The molecule has 2 aromatic carbocycles. The second kappa shape index (κ2) is 8.55. The molecule has 2 N–H and O–H groups in total. The average molecular weight is 333 g/mol. The molecule has 1 unspecified atom stereocenters. The van der Waals surface area contributed by atoms with Crippen LogP contribution in [0.2, 0.25) is 0 Å². The number of rotatable bonds is 8. The van der Waals surface area contributed by atoms with Crippen molar-refractivity contribution < 1.29 is 19.4 Å². The highest BCUT2D eigenvalue weighted by Crippen LogP contribution is 2.23. The Bertz CT molecular complexity index is 689. The lowest BCUT2D eigenvalue weighted by Crippen LogP contribution is -2.42. The number of hydrogen-bond donors (Lipinski definition) is 2. The van der Waals surface area contributed by atoms with Crippen LogP contribution < -0.4 is 5.32 Å². The van der Waals surface area contributed by atoms with Crippen LogP contribution in [0.4, 0.5) is 0 Å². The molecule has 0 aliphatic carbocycles. The Kier molecular flexibility index (Phi) is 6.43. The number of fused-ring (bicyclic) bond motifs is 1. The number of hydrogen-bond acceptors (Lipinski definition) is 4. The smallest absolute Gasteiger partial charge is 0.326 e. The fourth-order valence-corrected chi connectivity index (χ4v) is 2.89. The predicted molar refractivity (Wildman–Crippen MR) is 90.7 cm³/mol. The first kappa shape index (κ1) is 17.3. The van der Waals surface area contributed by atoms with Crippen LogP contribution in [-0.4, -0.2) is 42.5 Å². The molecular weight excluding hydrogens is 314 g/mol. The van der Waals surface area contributed by atoms with Gasteiger partial charge in [-0.3, -0.25) is 4.79 Å². The Morgan fingerprint density at radius 2 is 1.96 bits per heavy atom. The molecule has 0 saturated heterocycles. The maximum absolute atomic E-state index is 11.9. The molecule has 23 heavy (non-hydrogen) atoms. The van der Waals surface area contributed by atoms with Gasteiger partial charge in [0.1, 0.15) is 6.04 Å². The molecule has 0 aliphatic rings. The molecule has 122 valence electrons. The Balaban J connectivity index is 1.90. The molecule has 2 rings (SSSR count). The van der Waals surface area contributed by atoms with E-state index in [2.05, 4.69) is 5.32 Å². The van der Waals surface area contributed by atoms with Crippen molar-refractivity contribution in [2.45, 2.75) is 17.4 Å². The van der Waals surface area contributed by atoms with Gasteiger partial charge in [-0.15, -0.1) is 11.8 Å². The lowest BCUT2D eigenvalue weighted by atomic mass is 10.1. The zero-order valence-corrected chi connectivity index (χ0v) is 13.6. The highest BCUT2D eigenvalue weighted by Gasteiger charge is 2.19. The van der Waals surface area contributed by atoms with Crippen LogP contribution in [0, 0.1) is 0 Å². The van der Waals surface area contributed by atoms with Gasteiger partial charge in [-0.1, -0.05) is 30.3 Å². The molecule has 1 amide bonds. The molecule has 6 heteroatoms. The summed E-state index contributed by atoms with van der Waals surface area (Å²) in [6.45, 7) is 0.287. The van der Waals surface area contributed by atoms with E-state index < -0.39 is 12.0 Å². The van der Waals surface area contributed by atoms with Crippen molar-refractivity contribution in [3.8, 4) is 0 Å². The minimum atomic E-state index is -1.05. The van der Waals surface area contributed by atoms with Gasteiger partial charge in [0.15, 0.2) is 0 Å². The highest BCUT2D eigenvalue weighted by atomic mass is 32.2. The van der Waals surface area contributed by atoms with Crippen molar-refractivity contribution >= 4 is 34.4 Å². The van der Waals surface area contributed by atoms with E-state index in [-0.39, 0.29) is 24.7 Å². The van der Waals surface area contributed by atoms with Gasteiger partial charge >= 0.3 is 5.97 Å². The minimum Gasteiger partial charge on any atom is -0.480 e. The predicted octanol–water partition coefficient (Wildman–Crippen LogP) is 2.54. The molecule has 0 saturated carbocycles. The molecule has 0 spiro atoms. The first-order chi connectivity index (χ1) is 11.1. The number of carbonyl (C=O) groups excluding carboxylic acids is 1. The average Bonchev–Trinajstić information content (AvgIpc) is 2.56. The minimum absolute atomic E-state index is 0.176. The van der Waals surface area contributed by atoms with Crippen molar-refractivity contribution in [2.75, 3.05) is 19.5 Å². The van der Waals surface area contributed by atoms with Crippen molar-refractivity contribution in [3.05, 3.63) is 42.5 Å². The van der Waals surface area contributed by atoms with Crippen LogP contribution in [0.25, 0.3) is 10.8 Å². The summed E-state index contributed by atoms with van der Waals surface area (Å²) in [6, 6.07) is 13.1. The van der Waals surface area contributed by atoms with Gasteiger partial charge < -0.3 is 15.2 Å². The van der Waals surface area contributed by atoms with Gasteiger partial charge in [0.25, 0.3) is 0 Å². The molecule has 0 heterocycles. The summed E-state index contributed by atoms with van der Waals surface area (Å²) < 4.78 is 4.85. The number of ether oxygens (including phenoxy) is 1. The van der Waals surface area contributed by atoms with E-state index in [1.165, 1.54) is 18.9 Å². The van der Waals surface area contributed by atoms with Crippen molar-refractivity contribution in [2.24, 2.45) is 0 Å². The molecule has 5 nitrogen and oxygen atoms in total. The number of carboxylic acids is 1. The van der Waals surface area contributed by atoms with E-state index in [0.29, 0.717) is 0 Å². The number of benzene rings is 2. The largest absolute Gasteiger partial charge is 0.480 e. The van der Waals surface area contributed by atoms with Gasteiger partial charge in [-0.2, -0.15) is 0 Å². The zero-order chi connectivity index (χ0) is 16.7. The fraction of sp³-hybridized carbons (Fsp3) is 0.294. The molecule has 0 fully saturated rings. The van der Waals surface area contributed by atoms with Crippen LogP contribution in [0.15, 0.2) is 47.4 Å².